The molecule has 0 saturated carbocycles. The molecule has 0 N–H and O–H groups in total. The van der Waals surface area contributed by atoms with E-state index < -0.39 is 29.9 Å². The first-order valence-corrected chi connectivity index (χ1v) is 11.3. The number of carbonyl (C=O) groups excluding carboxylic acids is 3. The molecule has 8 heteroatoms. The zero-order valence-electron chi connectivity index (χ0n) is 19.3. The van der Waals surface area contributed by atoms with Crippen LogP contribution in [0.15, 0.2) is 78.9 Å². The molecule has 178 valence electrons. The van der Waals surface area contributed by atoms with E-state index in [4.69, 9.17) is 14.3 Å². The van der Waals surface area contributed by atoms with Gasteiger partial charge in [-0.3, -0.25) is 14.4 Å². The van der Waals surface area contributed by atoms with E-state index in [9.17, 15) is 14.4 Å². The quantitative estimate of drug-likeness (QED) is 0.397. The Morgan fingerprint density at radius 2 is 1.60 bits per heavy atom. The first-order valence-electron chi connectivity index (χ1n) is 11.3. The number of methoxy groups -OCH3 is 1. The molecule has 5 rings (SSSR count). The Bertz CT molecular complexity index is 1260. The van der Waals surface area contributed by atoms with Gasteiger partial charge in [-0.2, -0.15) is 0 Å². The average Bonchev–Trinajstić information content (AvgIpc) is 3.40. The number of ether oxygens (including phenoxy) is 2. The second-order valence-corrected chi connectivity index (χ2v) is 8.18. The number of amides is 2. The van der Waals surface area contributed by atoms with Crippen molar-refractivity contribution < 1.29 is 28.7 Å². The van der Waals surface area contributed by atoms with Crippen LogP contribution in [0.1, 0.15) is 28.9 Å². The summed E-state index contributed by atoms with van der Waals surface area (Å²) in [6.07, 6.45) is -0.998. The number of anilines is 2. The molecule has 2 aliphatic heterocycles. The maximum absolute atomic E-state index is 13.8. The van der Waals surface area contributed by atoms with Crippen LogP contribution in [0.5, 0.6) is 5.75 Å². The third-order valence-corrected chi connectivity index (χ3v) is 6.21. The van der Waals surface area contributed by atoms with Crippen LogP contribution in [-0.2, 0) is 19.2 Å². The fraction of sp³-hybridized carbons (Fsp3) is 0.222. The molecule has 2 fully saturated rings. The maximum Gasteiger partial charge on any atom is 0.337 e. The first kappa shape index (κ1) is 22.6. The van der Waals surface area contributed by atoms with Gasteiger partial charge in [-0.05, 0) is 48.9 Å². The number of esters is 1. The van der Waals surface area contributed by atoms with E-state index in [1.54, 1.807) is 53.6 Å². The van der Waals surface area contributed by atoms with Crippen molar-refractivity contribution in [2.24, 2.45) is 5.92 Å². The molecule has 35 heavy (non-hydrogen) atoms. The van der Waals surface area contributed by atoms with Gasteiger partial charge in [-0.1, -0.05) is 42.5 Å². The number of benzene rings is 3. The predicted molar refractivity (Wildman–Crippen MR) is 128 cm³/mol. The minimum atomic E-state index is -0.998. The summed E-state index contributed by atoms with van der Waals surface area (Å²) >= 11 is 0. The molecule has 2 heterocycles. The molecule has 2 amide bonds. The summed E-state index contributed by atoms with van der Waals surface area (Å²) in [5.41, 5.74) is 2.23. The van der Waals surface area contributed by atoms with E-state index in [2.05, 4.69) is 0 Å². The van der Waals surface area contributed by atoms with Crippen LogP contribution in [0.3, 0.4) is 0 Å². The first-order chi connectivity index (χ1) is 17.0. The van der Waals surface area contributed by atoms with Gasteiger partial charge in [0.15, 0.2) is 6.10 Å². The molecule has 3 aromatic carbocycles. The number of hydroxylamine groups is 1. The minimum Gasteiger partial charge on any atom is -0.492 e. The Hall–Kier alpha value is -4.17. The minimum absolute atomic E-state index is 0.368. The summed E-state index contributed by atoms with van der Waals surface area (Å²) < 4.78 is 10.5. The monoisotopic (exact) mass is 472 g/mol. The molecular formula is C27H24N2O6. The molecule has 3 atom stereocenters. The zero-order chi connectivity index (χ0) is 24.5. The number of para-hydroxylation sites is 3. The molecule has 2 saturated heterocycles. The molecule has 0 bridgehead atoms. The van der Waals surface area contributed by atoms with Crippen LogP contribution >= 0.6 is 0 Å². The Kier molecular flexibility index (Phi) is 5.96. The van der Waals surface area contributed by atoms with Crippen molar-refractivity contribution in [3.8, 4) is 5.75 Å². The standard InChI is InChI=1S/C27H24N2O6/c1-3-34-21-12-8-7-11-20(21)28-25(30)22-23(17-13-15-18(16-14-17)27(32)33-2)29(35-24(22)26(28)31)19-9-5-4-6-10-19/h4-16,22-24H,3H2,1-2H3/t22-,23-,24+/m1/s1. The second-order valence-electron chi connectivity index (χ2n) is 8.18. The molecule has 2 aliphatic rings. The molecule has 0 aromatic heterocycles. The maximum atomic E-state index is 13.8. The summed E-state index contributed by atoms with van der Waals surface area (Å²) in [5, 5.41) is 1.62. The summed E-state index contributed by atoms with van der Waals surface area (Å²) in [5.74, 6) is -1.60. The van der Waals surface area contributed by atoms with Crippen LogP contribution in [0.4, 0.5) is 11.4 Å². The second kappa shape index (κ2) is 9.23. The van der Waals surface area contributed by atoms with Gasteiger partial charge in [0.1, 0.15) is 11.7 Å². The molecule has 0 aliphatic carbocycles. The number of hydrogen-bond acceptors (Lipinski definition) is 7. The van der Waals surface area contributed by atoms with E-state index in [1.165, 1.54) is 12.0 Å². The van der Waals surface area contributed by atoms with Crippen molar-refractivity contribution >= 4 is 29.2 Å². The van der Waals surface area contributed by atoms with Gasteiger partial charge in [-0.25, -0.2) is 14.8 Å². The SMILES string of the molecule is CCOc1ccccc1N1C(=O)[C@H]2[C@H](ON(c3ccccc3)[C@@H]2c2ccc(C(=O)OC)cc2)C1=O. The van der Waals surface area contributed by atoms with E-state index >= 15 is 0 Å². The van der Waals surface area contributed by atoms with E-state index in [0.29, 0.717) is 29.3 Å². The van der Waals surface area contributed by atoms with Crippen LogP contribution in [-0.4, -0.2) is 37.6 Å². The lowest BCUT2D eigenvalue weighted by Crippen LogP contribution is -2.37. The molecule has 3 aromatic rings. The lowest BCUT2D eigenvalue weighted by atomic mass is 9.90. The van der Waals surface area contributed by atoms with Gasteiger partial charge in [0.05, 0.1) is 36.7 Å². The average molecular weight is 472 g/mol. The normalized spacial score (nSPS) is 21.3. The number of hydrogen-bond donors (Lipinski definition) is 0. The van der Waals surface area contributed by atoms with Crippen molar-refractivity contribution in [1.29, 1.82) is 0 Å². The molecular weight excluding hydrogens is 448 g/mol. The van der Waals surface area contributed by atoms with Gasteiger partial charge in [-0.15, -0.1) is 0 Å². The van der Waals surface area contributed by atoms with E-state index in [-0.39, 0.29) is 5.91 Å². The highest BCUT2D eigenvalue weighted by Crippen LogP contribution is 2.48. The number of carbonyl (C=O) groups is 3. The Balaban J connectivity index is 1.56. The van der Waals surface area contributed by atoms with Crippen LogP contribution in [0.2, 0.25) is 0 Å². The lowest BCUT2D eigenvalue weighted by Gasteiger charge is -2.29. The van der Waals surface area contributed by atoms with Crippen molar-refractivity contribution in [2.75, 3.05) is 23.7 Å². The number of nitrogens with zero attached hydrogens (tertiary/aromatic N) is 2. The predicted octanol–water partition coefficient (Wildman–Crippen LogP) is 3.92. The van der Waals surface area contributed by atoms with E-state index in [1.807, 2.05) is 37.3 Å². The summed E-state index contributed by atoms with van der Waals surface area (Å²) in [4.78, 5) is 46.6. The fourth-order valence-electron chi connectivity index (χ4n) is 4.64. The Morgan fingerprint density at radius 3 is 2.29 bits per heavy atom. The Morgan fingerprint density at radius 1 is 0.914 bits per heavy atom. The smallest absolute Gasteiger partial charge is 0.337 e. The van der Waals surface area contributed by atoms with Crippen molar-refractivity contribution in [1.82, 2.24) is 0 Å². The zero-order valence-corrected chi connectivity index (χ0v) is 19.3. The molecule has 8 nitrogen and oxygen atoms in total. The van der Waals surface area contributed by atoms with Crippen molar-refractivity contribution in [3.63, 3.8) is 0 Å². The summed E-state index contributed by atoms with van der Waals surface area (Å²) in [6, 6.07) is 22.5. The Labute approximate surface area is 202 Å². The summed E-state index contributed by atoms with van der Waals surface area (Å²) in [6.45, 7) is 2.24. The fourth-order valence-corrected chi connectivity index (χ4v) is 4.64. The van der Waals surface area contributed by atoms with Crippen LogP contribution in [0.25, 0.3) is 0 Å². The van der Waals surface area contributed by atoms with E-state index in [0.717, 1.165) is 5.56 Å². The molecule has 0 unspecified atom stereocenters. The molecule has 0 radical (unpaired) electrons. The third kappa shape index (κ3) is 3.81. The van der Waals surface area contributed by atoms with Gasteiger partial charge < -0.3 is 9.47 Å². The number of imide groups is 1. The van der Waals surface area contributed by atoms with Crippen molar-refractivity contribution in [3.05, 3.63) is 90.0 Å². The number of fused-ring (bicyclic) bond motifs is 1. The highest BCUT2D eigenvalue weighted by molar-refractivity contribution is 6.24. The van der Waals surface area contributed by atoms with Gasteiger partial charge in [0.25, 0.3) is 5.91 Å². The molecule has 0 spiro atoms. The third-order valence-electron chi connectivity index (χ3n) is 6.21. The van der Waals surface area contributed by atoms with Crippen LogP contribution < -0.4 is 14.7 Å². The highest BCUT2D eigenvalue weighted by Gasteiger charge is 2.60. The van der Waals surface area contributed by atoms with Gasteiger partial charge in [0.2, 0.25) is 5.91 Å². The van der Waals surface area contributed by atoms with Gasteiger partial charge >= 0.3 is 5.97 Å². The largest absolute Gasteiger partial charge is 0.492 e. The van der Waals surface area contributed by atoms with Gasteiger partial charge in [0, 0.05) is 0 Å². The van der Waals surface area contributed by atoms with Crippen LogP contribution in [0, 0.1) is 5.92 Å². The topological polar surface area (TPSA) is 85.4 Å². The summed E-state index contributed by atoms with van der Waals surface area (Å²) in [7, 11) is 1.32. The lowest BCUT2D eigenvalue weighted by molar-refractivity contribution is -0.126. The highest BCUT2D eigenvalue weighted by atomic mass is 16.7. The number of rotatable bonds is 6. The van der Waals surface area contributed by atoms with Crippen molar-refractivity contribution in [2.45, 2.75) is 19.1 Å².